The number of nitrogens with one attached hydrogen (secondary N) is 2. The van der Waals surface area contributed by atoms with Gasteiger partial charge in [-0.1, -0.05) is 55.0 Å². The first kappa shape index (κ1) is 20.9. The highest BCUT2D eigenvalue weighted by Gasteiger charge is 2.35. The molecular formula is C23H24N2O6. The Hall–Kier alpha value is -3.39. The van der Waals surface area contributed by atoms with Gasteiger partial charge in [0.2, 0.25) is 5.91 Å². The van der Waals surface area contributed by atoms with Crippen LogP contribution in [0.25, 0.3) is 11.1 Å². The number of carbonyl (C=O) groups excluding carboxylic acids is 2. The first-order valence-electron chi connectivity index (χ1n) is 10.3. The van der Waals surface area contributed by atoms with Crippen molar-refractivity contribution >= 4 is 18.0 Å². The van der Waals surface area contributed by atoms with E-state index in [2.05, 4.69) is 39.9 Å². The summed E-state index contributed by atoms with van der Waals surface area (Å²) in [5, 5.41) is 11.4. The number of hydrogen-bond acceptors (Lipinski definition) is 5. The summed E-state index contributed by atoms with van der Waals surface area (Å²) in [6.07, 6.45) is 1.42. The Morgan fingerprint density at radius 2 is 1.61 bits per heavy atom. The summed E-state index contributed by atoms with van der Waals surface area (Å²) in [5.74, 6) is -2.15. The zero-order chi connectivity index (χ0) is 21.8. The molecule has 2 aliphatic carbocycles. The number of carboxylic acids is 1. The molecule has 2 atom stereocenters. The summed E-state index contributed by atoms with van der Waals surface area (Å²) in [5.41, 5.74) is 6.71. The Labute approximate surface area is 179 Å². The molecule has 8 nitrogen and oxygen atoms in total. The minimum atomic E-state index is -1.18. The molecule has 0 aliphatic heterocycles. The van der Waals surface area contributed by atoms with Crippen LogP contribution in [0.1, 0.15) is 36.3 Å². The normalized spacial score (nSPS) is 19.4. The van der Waals surface area contributed by atoms with Crippen molar-refractivity contribution in [2.24, 2.45) is 5.92 Å². The second kappa shape index (κ2) is 9.18. The lowest BCUT2D eigenvalue weighted by atomic mass is 9.98. The quantitative estimate of drug-likeness (QED) is 0.589. The van der Waals surface area contributed by atoms with Gasteiger partial charge < -0.3 is 15.2 Å². The number of benzene rings is 2. The van der Waals surface area contributed by atoms with E-state index in [9.17, 15) is 14.4 Å². The molecule has 8 heteroatoms. The number of carboxylic acid groups (broad SMARTS) is 1. The highest BCUT2D eigenvalue weighted by atomic mass is 16.7. The summed E-state index contributed by atoms with van der Waals surface area (Å²) in [6, 6.07) is 15.8. The van der Waals surface area contributed by atoms with Gasteiger partial charge in [-0.2, -0.15) is 0 Å². The highest BCUT2D eigenvalue weighted by Crippen LogP contribution is 2.44. The number of fused-ring (bicyclic) bond motifs is 3. The van der Waals surface area contributed by atoms with Crippen LogP contribution in [-0.4, -0.2) is 42.3 Å². The van der Waals surface area contributed by atoms with Crippen LogP contribution in [0.2, 0.25) is 0 Å². The molecule has 162 valence electrons. The monoisotopic (exact) mass is 424 g/mol. The van der Waals surface area contributed by atoms with Crippen molar-refractivity contribution in [3.8, 4) is 11.1 Å². The molecule has 0 aromatic heterocycles. The van der Waals surface area contributed by atoms with E-state index in [-0.39, 0.29) is 18.6 Å². The molecule has 0 unspecified atom stereocenters. The number of aliphatic carboxylic acids is 1. The average molecular weight is 424 g/mol. The van der Waals surface area contributed by atoms with Gasteiger partial charge in [-0.05, 0) is 35.1 Å². The van der Waals surface area contributed by atoms with E-state index in [0.717, 1.165) is 28.7 Å². The fourth-order valence-corrected chi connectivity index (χ4v) is 4.48. The van der Waals surface area contributed by atoms with Crippen LogP contribution in [-0.2, 0) is 19.2 Å². The number of hydrogen-bond donors (Lipinski definition) is 3. The Morgan fingerprint density at radius 1 is 0.968 bits per heavy atom. The second-order valence-electron chi connectivity index (χ2n) is 7.76. The van der Waals surface area contributed by atoms with E-state index in [1.807, 2.05) is 24.3 Å². The third kappa shape index (κ3) is 4.54. The number of amides is 2. The van der Waals surface area contributed by atoms with Crippen molar-refractivity contribution in [2.75, 3.05) is 13.2 Å². The smallest absolute Gasteiger partial charge is 0.407 e. The van der Waals surface area contributed by atoms with Gasteiger partial charge in [-0.3, -0.25) is 9.63 Å². The van der Waals surface area contributed by atoms with Gasteiger partial charge in [-0.15, -0.1) is 0 Å². The lowest BCUT2D eigenvalue weighted by Gasteiger charge is -2.21. The standard InChI is InChI=1S/C23H24N2O6/c26-21(27)13-31-25-22(28)18-10-5-11-20(18)24-23(29)30-12-19-16-8-3-1-6-14(16)15-7-2-4-9-17(15)19/h1-4,6-9,18-20H,5,10-13H2,(H,24,29)(H,25,28)(H,26,27)/t18-,20+/m0/s1. The molecular weight excluding hydrogens is 400 g/mol. The van der Waals surface area contributed by atoms with E-state index >= 15 is 0 Å². The van der Waals surface area contributed by atoms with Crippen molar-refractivity contribution in [2.45, 2.75) is 31.2 Å². The maximum absolute atomic E-state index is 12.5. The molecule has 0 heterocycles. The lowest BCUT2D eigenvalue weighted by molar-refractivity contribution is -0.150. The van der Waals surface area contributed by atoms with E-state index in [1.54, 1.807) is 0 Å². The zero-order valence-electron chi connectivity index (χ0n) is 16.9. The Morgan fingerprint density at radius 3 is 2.26 bits per heavy atom. The molecule has 0 bridgehead atoms. The summed E-state index contributed by atoms with van der Waals surface area (Å²) in [6.45, 7) is -0.423. The van der Waals surface area contributed by atoms with Crippen LogP contribution in [0.15, 0.2) is 48.5 Å². The van der Waals surface area contributed by atoms with Crippen molar-refractivity contribution in [1.82, 2.24) is 10.8 Å². The molecule has 31 heavy (non-hydrogen) atoms. The van der Waals surface area contributed by atoms with Crippen LogP contribution < -0.4 is 10.8 Å². The molecule has 2 aromatic rings. The number of rotatable bonds is 7. The molecule has 1 saturated carbocycles. The second-order valence-corrected chi connectivity index (χ2v) is 7.76. The first-order chi connectivity index (χ1) is 15.0. The summed E-state index contributed by atoms with van der Waals surface area (Å²) >= 11 is 0. The molecule has 1 fully saturated rings. The summed E-state index contributed by atoms with van der Waals surface area (Å²) in [7, 11) is 0. The Kier molecular flexibility index (Phi) is 6.18. The fourth-order valence-electron chi connectivity index (χ4n) is 4.48. The average Bonchev–Trinajstić information content (AvgIpc) is 3.34. The topological polar surface area (TPSA) is 114 Å². The molecule has 2 aromatic carbocycles. The van der Waals surface area contributed by atoms with Gasteiger partial charge in [0.25, 0.3) is 0 Å². The van der Waals surface area contributed by atoms with Gasteiger partial charge in [0.1, 0.15) is 6.61 Å². The number of alkyl carbamates (subject to hydrolysis) is 1. The van der Waals surface area contributed by atoms with Crippen LogP contribution in [0, 0.1) is 5.92 Å². The maximum Gasteiger partial charge on any atom is 0.407 e. The van der Waals surface area contributed by atoms with E-state index in [0.29, 0.717) is 12.8 Å². The third-order valence-corrected chi connectivity index (χ3v) is 5.87. The van der Waals surface area contributed by atoms with Crippen molar-refractivity contribution in [1.29, 1.82) is 0 Å². The molecule has 0 saturated heterocycles. The Balaban J connectivity index is 1.34. The lowest BCUT2D eigenvalue weighted by Crippen LogP contribution is -2.44. The molecule has 2 aliphatic rings. The molecule has 2 amide bonds. The minimum Gasteiger partial charge on any atom is -0.479 e. The van der Waals surface area contributed by atoms with Crippen LogP contribution in [0.5, 0.6) is 0 Å². The van der Waals surface area contributed by atoms with Crippen LogP contribution in [0.4, 0.5) is 4.79 Å². The zero-order valence-corrected chi connectivity index (χ0v) is 16.9. The summed E-state index contributed by atoms with van der Waals surface area (Å²) in [4.78, 5) is 39.9. The van der Waals surface area contributed by atoms with Crippen LogP contribution in [0.3, 0.4) is 0 Å². The minimum absolute atomic E-state index is 0.0368. The predicted molar refractivity (Wildman–Crippen MR) is 111 cm³/mol. The SMILES string of the molecule is O=C(O)CONC(=O)[C@H]1CCC[C@H]1NC(=O)OCC1c2ccccc2-c2ccccc21. The van der Waals surface area contributed by atoms with E-state index in [1.165, 1.54) is 0 Å². The summed E-state index contributed by atoms with van der Waals surface area (Å²) < 4.78 is 5.55. The number of ether oxygens (including phenoxy) is 1. The molecule has 4 rings (SSSR count). The van der Waals surface area contributed by atoms with Gasteiger partial charge in [0, 0.05) is 12.0 Å². The Bertz CT molecular complexity index is 946. The third-order valence-electron chi connectivity index (χ3n) is 5.87. The van der Waals surface area contributed by atoms with Gasteiger partial charge in [0.15, 0.2) is 6.61 Å². The fraction of sp³-hybridized carbons (Fsp3) is 0.348. The largest absolute Gasteiger partial charge is 0.479 e. The maximum atomic E-state index is 12.5. The highest BCUT2D eigenvalue weighted by molar-refractivity contribution is 5.81. The number of hydroxylamine groups is 1. The number of carbonyl (C=O) groups is 3. The molecule has 3 N–H and O–H groups in total. The molecule has 0 spiro atoms. The van der Waals surface area contributed by atoms with Crippen molar-refractivity contribution in [3.63, 3.8) is 0 Å². The predicted octanol–water partition coefficient (Wildman–Crippen LogP) is 2.83. The van der Waals surface area contributed by atoms with E-state index in [4.69, 9.17) is 9.84 Å². The van der Waals surface area contributed by atoms with Crippen molar-refractivity contribution < 1.29 is 29.1 Å². The van der Waals surface area contributed by atoms with Gasteiger partial charge in [-0.25, -0.2) is 15.1 Å². The van der Waals surface area contributed by atoms with Crippen molar-refractivity contribution in [3.05, 3.63) is 59.7 Å². The first-order valence-corrected chi connectivity index (χ1v) is 10.3. The molecule has 0 radical (unpaired) electrons. The van der Waals surface area contributed by atoms with Gasteiger partial charge >= 0.3 is 12.1 Å². The van der Waals surface area contributed by atoms with Crippen LogP contribution >= 0.6 is 0 Å². The van der Waals surface area contributed by atoms with E-state index < -0.39 is 30.5 Å². The van der Waals surface area contributed by atoms with Gasteiger partial charge in [0.05, 0.1) is 5.92 Å².